The smallest absolute Gasteiger partial charge is 0.313 e. The molecule has 1 aromatic rings. The van der Waals surface area contributed by atoms with Crippen molar-refractivity contribution in [1.29, 1.82) is 0 Å². The van der Waals surface area contributed by atoms with Gasteiger partial charge in [-0.25, -0.2) is 4.98 Å². The summed E-state index contributed by atoms with van der Waals surface area (Å²) >= 11 is 0. The van der Waals surface area contributed by atoms with Crippen LogP contribution in [0.5, 0.6) is 0 Å². The van der Waals surface area contributed by atoms with Gasteiger partial charge in [-0.3, -0.25) is 9.59 Å². The number of carbonyl (C=O) groups is 2. The number of nitrogens with zero attached hydrogens (tertiary/aromatic N) is 4. The zero-order valence-electron chi connectivity index (χ0n) is 18.7. The number of alkyl halides is 2. The van der Waals surface area contributed by atoms with E-state index in [0.29, 0.717) is 31.3 Å². The van der Waals surface area contributed by atoms with Gasteiger partial charge in [-0.05, 0) is 63.6 Å². The van der Waals surface area contributed by atoms with Gasteiger partial charge in [-0.2, -0.15) is 8.78 Å². The summed E-state index contributed by atoms with van der Waals surface area (Å²) in [6, 6.07) is 0. The van der Waals surface area contributed by atoms with Crippen molar-refractivity contribution in [3.05, 3.63) is 17.8 Å². The largest absolute Gasteiger partial charge is 0.444 e. The van der Waals surface area contributed by atoms with Crippen LogP contribution in [0.3, 0.4) is 0 Å². The zero-order valence-corrected chi connectivity index (χ0v) is 18.7. The molecule has 4 rings (SSSR count). The summed E-state index contributed by atoms with van der Waals surface area (Å²) < 4.78 is 30.0. The summed E-state index contributed by atoms with van der Waals surface area (Å²) in [5, 5.41) is 0. The van der Waals surface area contributed by atoms with Gasteiger partial charge >= 0.3 is 6.43 Å². The molecule has 3 fully saturated rings. The van der Waals surface area contributed by atoms with Crippen molar-refractivity contribution in [2.45, 2.75) is 57.8 Å². The van der Waals surface area contributed by atoms with Crippen LogP contribution in [0, 0.1) is 11.8 Å². The minimum Gasteiger partial charge on any atom is -0.444 e. The Bertz CT molecular complexity index is 775. The molecule has 3 saturated heterocycles. The van der Waals surface area contributed by atoms with Crippen molar-refractivity contribution in [3.8, 4) is 0 Å². The van der Waals surface area contributed by atoms with E-state index >= 15 is 0 Å². The molecule has 9 heteroatoms. The molecule has 0 spiro atoms. The van der Waals surface area contributed by atoms with Crippen LogP contribution in [0.1, 0.15) is 63.0 Å². The molecule has 1 aromatic heterocycles. The molecular weight excluding hydrogens is 418 g/mol. The van der Waals surface area contributed by atoms with Gasteiger partial charge < -0.3 is 19.1 Å². The average molecular weight is 453 g/mol. The first kappa shape index (κ1) is 23.1. The van der Waals surface area contributed by atoms with Crippen molar-refractivity contribution in [3.63, 3.8) is 0 Å². The standard InChI is InChI=1S/C23H34F2N4O3/c24-22(25)23-26-19(16-32-23)12-21(31)28-11-4-6-17(13-28)18-14-29(15-18)20(30)7-5-10-27-8-2-1-3-9-27/h16-18,22H,1-15H2. The highest BCUT2D eigenvalue weighted by Gasteiger charge is 2.38. The summed E-state index contributed by atoms with van der Waals surface area (Å²) in [5.41, 5.74) is 0.248. The van der Waals surface area contributed by atoms with Crippen LogP contribution in [0.15, 0.2) is 10.7 Å². The van der Waals surface area contributed by atoms with Gasteiger partial charge in [-0.1, -0.05) is 6.42 Å². The van der Waals surface area contributed by atoms with Crippen LogP contribution < -0.4 is 0 Å². The lowest BCUT2D eigenvalue weighted by molar-refractivity contribution is -0.142. The molecular formula is C23H34F2N4O3. The lowest BCUT2D eigenvalue weighted by Crippen LogP contribution is -2.56. The molecule has 1 unspecified atom stereocenters. The number of piperidine rings is 2. The summed E-state index contributed by atoms with van der Waals surface area (Å²) in [5.74, 6) is 0.337. The Labute approximate surface area is 188 Å². The lowest BCUT2D eigenvalue weighted by Gasteiger charge is -2.46. The van der Waals surface area contributed by atoms with Crippen molar-refractivity contribution in [2.75, 3.05) is 45.8 Å². The van der Waals surface area contributed by atoms with Crippen molar-refractivity contribution in [2.24, 2.45) is 11.8 Å². The highest BCUT2D eigenvalue weighted by atomic mass is 19.3. The molecule has 0 aliphatic carbocycles. The van der Waals surface area contributed by atoms with Crippen LogP contribution in [0.4, 0.5) is 8.78 Å². The van der Waals surface area contributed by atoms with E-state index in [1.54, 1.807) is 0 Å². The van der Waals surface area contributed by atoms with Gasteiger partial charge in [0, 0.05) is 32.6 Å². The number of hydrogen-bond acceptors (Lipinski definition) is 5. The first-order valence-electron chi connectivity index (χ1n) is 12.0. The third-order valence-electron chi connectivity index (χ3n) is 7.14. The van der Waals surface area contributed by atoms with E-state index < -0.39 is 12.3 Å². The molecule has 0 aromatic carbocycles. The van der Waals surface area contributed by atoms with Gasteiger partial charge in [0.1, 0.15) is 6.26 Å². The number of likely N-dealkylation sites (tertiary alicyclic amines) is 3. The number of oxazole rings is 1. The highest BCUT2D eigenvalue weighted by molar-refractivity contribution is 5.78. The summed E-state index contributed by atoms with van der Waals surface area (Å²) in [7, 11) is 0. The van der Waals surface area contributed by atoms with Crippen molar-refractivity contribution < 1.29 is 22.8 Å². The second-order valence-corrected chi connectivity index (χ2v) is 9.46. The van der Waals surface area contributed by atoms with Gasteiger partial charge in [-0.15, -0.1) is 0 Å². The maximum absolute atomic E-state index is 12.6. The monoisotopic (exact) mass is 452 g/mol. The quantitative estimate of drug-likeness (QED) is 0.606. The molecule has 3 aliphatic heterocycles. The minimum atomic E-state index is -2.77. The zero-order chi connectivity index (χ0) is 22.5. The molecule has 1 atom stereocenters. The Kier molecular flexibility index (Phi) is 7.75. The van der Waals surface area contributed by atoms with Crippen LogP contribution in [-0.4, -0.2) is 77.3 Å². The topological polar surface area (TPSA) is 69.9 Å². The van der Waals surface area contributed by atoms with Crippen molar-refractivity contribution >= 4 is 11.8 Å². The van der Waals surface area contributed by atoms with Gasteiger partial charge in [0.05, 0.1) is 12.1 Å². The van der Waals surface area contributed by atoms with Crippen LogP contribution in [0.25, 0.3) is 0 Å². The predicted octanol–water partition coefficient (Wildman–Crippen LogP) is 3.12. The van der Waals surface area contributed by atoms with Crippen molar-refractivity contribution in [1.82, 2.24) is 19.7 Å². The van der Waals surface area contributed by atoms with E-state index in [4.69, 9.17) is 4.42 Å². The fraction of sp³-hybridized carbons (Fsp3) is 0.783. The van der Waals surface area contributed by atoms with E-state index in [1.807, 2.05) is 9.80 Å². The predicted molar refractivity (Wildman–Crippen MR) is 114 cm³/mol. The van der Waals surface area contributed by atoms with E-state index in [1.165, 1.54) is 32.4 Å². The molecule has 3 aliphatic rings. The van der Waals surface area contributed by atoms with E-state index in [2.05, 4.69) is 9.88 Å². The van der Waals surface area contributed by atoms with E-state index in [9.17, 15) is 18.4 Å². The summed E-state index contributed by atoms with van der Waals surface area (Å²) in [6.07, 6.45) is 5.77. The van der Waals surface area contributed by atoms with Gasteiger partial charge in [0.2, 0.25) is 11.8 Å². The number of rotatable bonds is 8. The minimum absolute atomic E-state index is 0.0186. The van der Waals surface area contributed by atoms with Gasteiger partial charge in [0.15, 0.2) is 0 Å². The van der Waals surface area contributed by atoms with Crippen LogP contribution in [0.2, 0.25) is 0 Å². The number of aromatic nitrogens is 1. The summed E-state index contributed by atoms with van der Waals surface area (Å²) in [4.78, 5) is 35.1. The number of amides is 2. The Morgan fingerprint density at radius 3 is 2.47 bits per heavy atom. The van der Waals surface area contributed by atoms with Gasteiger partial charge in [0.25, 0.3) is 5.89 Å². The Morgan fingerprint density at radius 1 is 1.00 bits per heavy atom. The Balaban J connectivity index is 1.16. The molecule has 7 nitrogen and oxygen atoms in total. The molecule has 0 bridgehead atoms. The summed E-state index contributed by atoms with van der Waals surface area (Å²) in [6.45, 7) is 6.28. The molecule has 0 saturated carbocycles. The molecule has 0 radical (unpaired) electrons. The van der Waals surface area contributed by atoms with E-state index in [0.717, 1.165) is 45.2 Å². The first-order valence-corrected chi connectivity index (χ1v) is 12.0. The second-order valence-electron chi connectivity index (χ2n) is 9.46. The van der Waals surface area contributed by atoms with E-state index in [-0.39, 0.29) is 23.9 Å². The number of hydrogen-bond donors (Lipinski definition) is 0. The number of halogens is 2. The Hall–Kier alpha value is -2.03. The molecule has 178 valence electrons. The fourth-order valence-electron chi connectivity index (χ4n) is 5.20. The fourth-order valence-corrected chi connectivity index (χ4v) is 5.20. The SMILES string of the molecule is O=C(Cc1coc(C(F)F)n1)N1CCCC(C2CN(C(=O)CCCN3CCCCC3)C2)C1. The normalized spacial score (nSPS) is 22.9. The molecule has 32 heavy (non-hydrogen) atoms. The third kappa shape index (κ3) is 5.85. The van der Waals surface area contributed by atoms with Crippen LogP contribution >= 0.6 is 0 Å². The maximum atomic E-state index is 12.6. The molecule has 0 N–H and O–H groups in total. The molecule has 4 heterocycles. The average Bonchev–Trinajstić information content (AvgIpc) is 3.22. The maximum Gasteiger partial charge on any atom is 0.313 e. The first-order chi connectivity index (χ1) is 15.5. The third-order valence-corrected chi connectivity index (χ3v) is 7.14. The number of carbonyl (C=O) groups excluding carboxylic acids is 2. The lowest BCUT2D eigenvalue weighted by atomic mass is 9.80. The van der Waals surface area contributed by atoms with Crippen LogP contribution in [-0.2, 0) is 16.0 Å². The second kappa shape index (κ2) is 10.7. The molecule has 2 amide bonds. The Morgan fingerprint density at radius 2 is 1.75 bits per heavy atom. The highest BCUT2D eigenvalue weighted by Crippen LogP contribution is 2.31.